The summed E-state index contributed by atoms with van der Waals surface area (Å²) in [6.45, 7) is 5.33. The van der Waals surface area contributed by atoms with Crippen LogP contribution in [0.15, 0.2) is 0 Å². The summed E-state index contributed by atoms with van der Waals surface area (Å²) in [5, 5.41) is 0. The number of hydrogen-bond acceptors (Lipinski definition) is 1. The Labute approximate surface area is 104 Å². The third kappa shape index (κ3) is 3.08. The fourth-order valence-corrected chi connectivity index (χ4v) is 2.95. The second-order valence-corrected chi connectivity index (χ2v) is 5.16. The van der Waals surface area contributed by atoms with Gasteiger partial charge in [-0.1, -0.05) is 0 Å². The third-order valence-corrected chi connectivity index (χ3v) is 3.96. The molecule has 96 valence electrons. The second-order valence-electron chi connectivity index (χ2n) is 5.16. The predicted octanol–water partition coefficient (Wildman–Crippen LogP) is 2.39. The van der Waals surface area contributed by atoms with Crippen molar-refractivity contribution < 1.29 is 9.37 Å². The van der Waals surface area contributed by atoms with Crippen LogP contribution in [0, 0.1) is 0 Å². The Morgan fingerprint density at radius 2 is 1.82 bits per heavy atom. The maximum atomic E-state index is 12.2. The van der Waals surface area contributed by atoms with E-state index < -0.39 is 0 Å². The summed E-state index contributed by atoms with van der Waals surface area (Å²) >= 11 is 0. The van der Waals surface area contributed by atoms with Crippen LogP contribution in [0.5, 0.6) is 0 Å². The van der Waals surface area contributed by atoms with Gasteiger partial charge in [0.05, 0.1) is 19.6 Å². The average molecular weight is 237 g/mol. The first kappa shape index (κ1) is 12.6. The predicted molar refractivity (Wildman–Crippen MR) is 69.3 cm³/mol. The highest BCUT2D eigenvalue weighted by molar-refractivity contribution is 5.96. The zero-order valence-corrected chi connectivity index (χ0v) is 11.1. The molecule has 0 aromatic rings. The Hall–Kier alpha value is -0.860. The molecule has 2 rings (SSSR count). The summed E-state index contributed by atoms with van der Waals surface area (Å²) in [7, 11) is 0. The molecule has 0 unspecified atom stereocenters. The molecule has 17 heavy (non-hydrogen) atoms. The number of amides is 1. The molecule has 3 heteroatoms. The Morgan fingerprint density at radius 3 is 2.65 bits per heavy atom. The highest BCUT2D eigenvalue weighted by Crippen LogP contribution is 2.16. The van der Waals surface area contributed by atoms with E-state index in [0.29, 0.717) is 5.91 Å². The van der Waals surface area contributed by atoms with Crippen LogP contribution in [0.1, 0.15) is 58.3 Å². The van der Waals surface area contributed by atoms with Gasteiger partial charge in [-0.05, 0) is 45.4 Å². The summed E-state index contributed by atoms with van der Waals surface area (Å²) in [5.41, 5.74) is 0. The second kappa shape index (κ2) is 6.18. The first-order valence-electron chi connectivity index (χ1n) is 7.24. The van der Waals surface area contributed by atoms with Crippen molar-refractivity contribution in [1.29, 1.82) is 0 Å². The van der Waals surface area contributed by atoms with Crippen molar-refractivity contribution in [2.45, 2.75) is 58.3 Å². The molecule has 0 bridgehead atoms. The van der Waals surface area contributed by atoms with Crippen molar-refractivity contribution in [3.05, 3.63) is 0 Å². The molecule has 0 aromatic carbocycles. The van der Waals surface area contributed by atoms with Crippen LogP contribution in [0.3, 0.4) is 0 Å². The van der Waals surface area contributed by atoms with Gasteiger partial charge in [-0.15, -0.1) is 0 Å². The zero-order chi connectivity index (χ0) is 12.1. The molecule has 3 nitrogen and oxygen atoms in total. The fourth-order valence-electron chi connectivity index (χ4n) is 2.95. The molecule has 0 spiro atoms. The van der Waals surface area contributed by atoms with Crippen LogP contribution in [0.4, 0.5) is 0 Å². The standard InChI is InChI=1S/C14H25N2O/c1-2-15-11-7-3-5-9-13(15)16-12-8-4-6-10-14(16)17/h2-12H2,1H3/q+1. The van der Waals surface area contributed by atoms with Crippen LogP contribution in [0.2, 0.25) is 0 Å². The molecule has 0 radical (unpaired) electrons. The minimum Gasteiger partial charge on any atom is -0.266 e. The monoisotopic (exact) mass is 237 g/mol. The van der Waals surface area contributed by atoms with E-state index in [9.17, 15) is 4.79 Å². The van der Waals surface area contributed by atoms with Crippen LogP contribution in [-0.4, -0.2) is 40.9 Å². The van der Waals surface area contributed by atoms with Crippen molar-refractivity contribution in [2.24, 2.45) is 0 Å². The largest absolute Gasteiger partial charge is 0.309 e. The Kier molecular flexibility index (Phi) is 4.57. The smallest absolute Gasteiger partial charge is 0.266 e. The van der Waals surface area contributed by atoms with Crippen LogP contribution in [0.25, 0.3) is 0 Å². The molecule has 0 aromatic heterocycles. The van der Waals surface area contributed by atoms with Gasteiger partial charge >= 0.3 is 5.91 Å². The molecule has 1 fully saturated rings. The molecule has 2 heterocycles. The van der Waals surface area contributed by atoms with Crippen LogP contribution in [-0.2, 0) is 4.79 Å². The van der Waals surface area contributed by atoms with Gasteiger partial charge in [0.1, 0.15) is 0 Å². The molecule has 2 aliphatic rings. The number of rotatable bonds is 1. The third-order valence-electron chi connectivity index (χ3n) is 3.96. The van der Waals surface area contributed by atoms with E-state index in [1.165, 1.54) is 37.9 Å². The Morgan fingerprint density at radius 1 is 1.06 bits per heavy atom. The van der Waals surface area contributed by atoms with Gasteiger partial charge in [0, 0.05) is 12.8 Å². The van der Waals surface area contributed by atoms with E-state index in [2.05, 4.69) is 16.4 Å². The first-order valence-corrected chi connectivity index (χ1v) is 7.24. The van der Waals surface area contributed by atoms with E-state index in [1.807, 2.05) is 0 Å². The lowest BCUT2D eigenvalue weighted by Crippen LogP contribution is -2.42. The molecule has 0 atom stereocenters. The van der Waals surface area contributed by atoms with Crippen molar-refractivity contribution in [2.75, 3.05) is 19.6 Å². The molecular weight excluding hydrogens is 212 g/mol. The lowest BCUT2D eigenvalue weighted by atomic mass is 10.2. The van der Waals surface area contributed by atoms with Crippen LogP contribution < -0.4 is 0 Å². The maximum Gasteiger partial charge on any atom is 0.309 e. The zero-order valence-electron chi connectivity index (χ0n) is 11.1. The summed E-state index contributed by atoms with van der Waals surface area (Å²) in [4.78, 5) is 14.3. The van der Waals surface area contributed by atoms with Crippen LogP contribution >= 0.6 is 0 Å². The fraction of sp³-hybridized carbons (Fsp3) is 0.857. The van der Waals surface area contributed by atoms with Gasteiger partial charge in [0.15, 0.2) is 0 Å². The number of carbonyl (C=O) groups excluding carboxylic acids is 1. The lowest BCUT2D eigenvalue weighted by molar-refractivity contribution is -0.529. The normalized spacial score (nSPS) is 23.6. The molecule has 1 saturated heterocycles. The highest BCUT2D eigenvalue weighted by Gasteiger charge is 2.30. The van der Waals surface area contributed by atoms with Crippen molar-refractivity contribution in [3.8, 4) is 0 Å². The molecule has 1 amide bonds. The Bertz CT molecular complexity index is 309. The molecular formula is C14H25N2O+. The number of carbonyl (C=O) groups is 1. The molecule has 0 N–H and O–H groups in total. The summed E-state index contributed by atoms with van der Waals surface area (Å²) in [6, 6.07) is 0. The number of likely N-dealkylation sites (tertiary alicyclic amines) is 1. The molecule has 2 aliphatic heterocycles. The highest BCUT2D eigenvalue weighted by atomic mass is 16.2. The topological polar surface area (TPSA) is 23.3 Å². The van der Waals surface area contributed by atoms with E-state index in [0.717, 1.165) is 38.9 Å². The quantitative estimate of drug-likeness (QED) is 0.642. The lowest BCUT2D eigenvalue weighted by Gasteiger charge is -2.18. The van der Waals surface area contributed by atoms with Gasteiger partial charge in [0.25, 0.3) is 5.84 Å². The van der Waals surface area contributed by atoms with Gasteiger partial charge in [0.2, 0.25) is 0 Å². The minimum atomic E-state index is 0.359. The van der Waals surface area contributed by atoms with Gasteiger partial charge in [-0.3, -0.25) is 4.58 Å². The van der Waals surface area contributed by atoms with Gasteiger partial charge in [-0.2, -0.15) is 0 Å². The van der Waals surface area contributed by atoms with E-state index in [1.54, 1.807) is 0 Å². The van der Waals surface area contributed by atoms with Gasteiger partial charge in [-0.25, -0.2) is 9.69 Å². The Balaban J connectivity index is 2.20. The first-order chi connectivity index (χ1) is 8.33. The van der Waals surface area contributed by atoms with E-state index in [4.69, 9.17) is 0 Å². The minimum absolute atomic E-state index is 0.359. The summed E-state index contributed by atoms with van der Waals surface area (Å²) in [6.07, 6.45) is 9.14. The number of nitrogens with zero attached hydrogens (tertiary/aromatic N) is 2. The maximum absolute atomic E-state index is 12.2. The van der Waals surface area contributed by atoms with Crippen molar-refractivity contribution in [1.82, 2.24) is 4.90 Å². The van der Waals surface area contributed by atoms with Gasteiger partial charge < -0.3 is 0 Å². The molecule has 0 aliphatic carbocycles. The SMILES string of the molecule is CC[N+]1=C(N2CCCCCC2=O)CCCCC1. The summed E-state index contributed by atoms with van der Waals surface area (Å²) < 4.78 is 2.43. The summed E-state index contributed by atoms with van der Waals surface area (Å²) in [5.74, 6) is 1.68. The average Bonchev–Trinajstić information content (AvgIpc) is 2.68. The van der Waals surface area contributed by atoms with E-state index in [-0.39, 0.29) is 0 Å². The van der Waals surface area contributed by atoms with Crippen molar-refractivity contribution >= 4 is 11.7 Å². The number of hydrogen-bond donors (Lipinski definition) is 0. The number of amidine groups is 1. The van der Waals surface area contributed by atoms with E-state index >= 15 is 0 Å². The molecule has 0 saturated carbocycles. The van der Waals surface area contributed by atoms with Crippen molar-refractivity contribution in [3.63, 3.8) is 0 Å².